The van der Waals surface area contributed by atoms with Crippen LogP contribution in [0.15, 0.2) is 200 Å². The second-order valence-corrected chi connectivity index (χ2v) is 15.8. The van der Waals surface area contributed by atoms with Crippen molar-refractivity contribution < 1.29 is 0 Å². The van der Waals surface area contributed by atoms with Crippen LogP contribution in [-0.2, 0) is 0 Å². The van der Waals surface area contributed by atoms with Crippen LogP contribution in [0.1, 0.15) is 18.4 Å². The van der Waals surface area contributed by atoms with Crippen LogP contribution in [0.4, 0.5) is 17.1 Å². The molecule has 7 aromatic carbocycles. The third kappa shape index (κ3) is 5.38. The molecule has 0 bridgehead atoms. The molecule has 284 valence electrons. The molecule has 0 radical (unpaired) electrons. The van der Waals surface area contributed by atoms with Crippen molar-refractivity contribution in [3.63, 3.8) is 0 Å². The molecular formula is C54H38N6. The Balaban J connectivity index is 0.966. The molecule has 0 spiro atoms. The quantitative estimate of drug-likeness (QED) is 0.169. The van der Waals surface area contributed by atoms with E-state index in [-0.39, 0.29) is 11.8 Å². The van der Waals surface area contributed by atoms with Gasteiger partial charge in [-0.25, -0.2) is 15.0 Å². The van der Waals surface area contributed by atoms with Crippen LogP contribution >= 0.6 is 0 Å². The van der Waals surface area contributed by atoms with E-state index in [1.807, 2.05) is 60.7 Å². The summed E-state index contributed by atoms with van der Waals surface area (Å²) in [6.07, 6.45) is 9.39. The van der Waals surface area contributed by atoms with Crippen molar-refractivity contribution in [2.75, 3.05) is 4.90 Å². The summed E-state index contributed by atoms with van der Waals surface area (Å²) in [4.78, 5) is 17.4. The maximum atomic E-state index is 5.03. The highest BCUT2D eigenvalue weighted by Crippen LogP contribution is 2.51. The van der Waals surface area contributed by atoms with E-state index in [0.717, 1.165) is 22.4 Å². The Morgan fingerprint density at radius 3 is 1.82 bits per heavy atom. The fraction of sp³-hybridized carbons (Fsp3) is 0.0556. The highest BCUT2D eigenvalue weighted by molar-refractivity contribution is 6.23. The number of para-hydroxylation sites is 4. The zero-order valence-electron chi connectivity index (χ0n) is 32.9. The fourth-order valence-electron chi connectivity index (χ4n) is 9.44. The first-order chi connectivity index (χ1) is 29.7. The van der Waals surface area contributed by atoms with Gasteiger partial charge in [-0.05, 0) is 66.1 Å². The number of aromatic nitrogens is 5. The molecule has 1 aliphatic heterocycles. The first-order valence-electron chi connectivity index (χ1n) is 20.6. The molecule has 60 heavy (non-hydrogen) atoms. The number of benzene rings is 7. The molecule has 1 aliphatic carbocycles. The van der Waals surface area contributed by atoms with Crippen molar-refractivity contribution in [2.45, 2.75) is 12.8 Å². The van der Waals surface area contributed by atoms with E-state index in [2.05, 4.69) is 161 Å². The molecule has 2 unspecified atom stereocenters. The maximum absolute atomic E-state index is 5.03. The van der Waals surface area contributed by atoms with Crippen LogP contribution in [0.3, 0.4) is 0 Å². The molecule has 6 heteroatoms. The lowest BCUT2D eigenvalue weighted by molar-refractivity contribution is 0.635. The number of hydrogen-bond donors (Lipinski definition) is 0. The number of fused-ring (bicyclic) bond motifs is 6. The summed E-state index contributed by atoms with van der Waals surface area (Å²) in [5, 5.41) is 3.71. The Bertz CT molecular complexity index is 3280. The Kier molecular flexibility index (Phi) is 7.78. The molecule has 0 fully saturated rings. The minimum Gasteiger partial charge on any atom is -0.312 e. The van der Waals surface area contributed by atoms with Gasteiger partial charge in [-0.2, -0.15) is 0 Å². The van der Waals surface area contributed by atoms with E-state index < -0.39 is 0 Å². The van der Waals surface area contributed by atoms with Gasteiger partial charge in [0.05, 0.1) is 33.6 Å². The predicted octanol–water partition coefficient (Wildman–Crippen LogP) is 13.5. The maximum Gasteiger partial charge on any atom is 0.164 e. The molecule has 0 saturated heterocycles. The fourth-order valence-corrected chi connectivity index (χ4v) is 9.44. The zero-order chi connectivity index (χ0) is 39.7. The van der Waals surface area contributed by atoms with Gasteiger partial charge < -0.3 is 14.0 Å². The van der Waals surface area contributed by atoms with Crippen molar-refractivity contribution >= 4 is 55.5 Å². The molecule has 10 aromatic rings. The predicted molar refractivity (Wildman–Crippen MR) is 246 cm³/mol. The summed E-state index contributed by atoms with van der Waals surface area (Å²) in [5.74, 6) is 2.37. The Morgan fingerprint density at radius 1 is 0.483 bits per heavy atom. The van der Waals surface area contributed by atoms with Crippen LogP contribution in [-0.4, -0.2) is 24.1 Å². The van der Waals surface area contributed by atoms with Gasteiger partial charge in [0, 0.05) is 56.3 Å². The highest BCUT2D eigenvalue weighted by atomic mass is 15.2. The smallest absolute Gasteiger partial charge is 0.164 e. The molecule has 2 aliphatic rings. The summed E-state index contributed by atoms with van der Waals surface area (Å²) in [6, 6.07) is 62.0. The van der Waals surface area contributed by atoms with Crippen molar-refractivity contribution in [3.05, 3.63) is 206 Å². The normalized spacial score (nSPS) is 15.8. The lowest BCUT2D eigenvalue weighted by Gasteiger charge is -2.33. The number of rotatable bonds is 6. The van der Waals surface area contributed by atoms with Crippen molar-refractivity contribution in [3.8, 4) is 39.9 Å². The Morgan fingerprint density at radius 2 is 1.10 bits per heavy atom. The van der Waals surface area contributed by atoms with E-state index in [1.54, 1.807) is 0 Å². The Hall–Kier alpha value is -7.83. The van der Waals surface area contributed by atoms with Gasteiger partial charge >= 0.3 is 0 Å². The summed E-state index contributed by atoms with van der Waals surface area (Å²) in [6.45, 7) is 2.33. The number of allylic oxidation sites excluding steroid dienone is 4. The molecule has 2 atom stereocenters. The van der Waals surface area contributed by atoms with Crippen LogP contribution < -0.4 is 4.90 Å². The van der Waals surface area contributed by atoms with E-state index in [0.29, 0.717) is 17.5 Å². The standard InChI is InChI=1S/C54H38N6/c1-35-32-41(28-29-42(35)38-20-15-21-39(33-38)54-56-52(36-16-5-2-6-17-36)55-53(57-54)37-18-7-3-8-19-37)60-46-25-12-11-24-43(46)45-34-49-51-44(50(45)60)30-31-58(51)47-26-13-14-27-48(47)59(49)40-22-9-4-10-23-40/h2-35,42H,1H3. The van der Waals surface area contributed by atoms with Crippen LogP contribution in [0, 0.1) is 5.92 Å². The highest BCUT2D eigenvalue weighted by Gasteiger charge is 2.30. The average molecular weight is 771 g/mol. The van der Waals surface area contributed by atoms with Gasteiger partial charge in [-0.3, -0.25) is 0 Å². The third-order valence-corrected chi connectivity index (χ3v) is 12.2. The second kappa shape index (κ2) is 13.6. The minimum absolute atomic E-state index is 0.167. The van der Waals surface area contributed by atoms with E-state index in [1.165, 1.54) is 61.0 Å². The number of hydrogen-bond acceptors (Lipinski definition) is 4. The van der Waals surface area contributed by atoms with Gasteiger partial charge in [0.25, 0.3) is 0 Å². The van der Waals surface area contributed by atoms with Gasteiger partial charge in [0.1, 0.15) is 0 Å². The first-order valence-corrected chi connectivity index (χ1v) is 20.6. The molecule has 3 aromatic heterocycles. The number of anilines is 3. The summed E-state index contributed by atoms with van der Waals surface area (Å²) < 4.78 is 4.86. The second-order valence-electron chi connectivity index (χ2n) is 15.8. The number of nitrogens with zero attached hydrogens (tertiary/aromatic N) is 6. The Labute approximate surface area is 347 Å². The molecule has 0 N–H and O–H groups in total. The van der Waals surface area contributed by atoms with E-state index in [4.69, 9.17) is 15.0 Å². The van der Waals surface area contributed by atoms with Crippen LogP contribution in [0.25, 0.3) is 78.3 Å². The SMILES string of the molecule is CC1C=C(n2c3ccccc3c3cc4c5c(ccn5-c5ccccc5N4c4ccccc4)c32)C=CC1c1cccc(-c2nc(-c3ccccc3)nc(-c3ccccc3)n2)c1. The molecule has 6 nitrogen and oxygen atoms in total. The lowest BCUT2D eigenvalue weighted by Crippen LogP contribution is -2.17. The van der Waals surface area contributed by atoms with Gasteiger partial charge in [0.2, 0.25) is 0 Å². The molecule has 0 saturated carbocycles. The molecule has 12 rings (SSSR count). The summed E-state index contributed by atoms with van der Waals surface area (Å²) >= 11 is 0. The summed E-state index contributed by atoms with van der Waals surface area (Å²) in [7, 11) is 0. The van der Waals surface area contributed by atoms with Crippen LogP contribution in [0.2, 0.25) is 0 Å². The van der Waals surface area contributed by atoms with E-state index >= 15 is 0 Å². The van der Waals surface area contributed by atoms with Gasteiger partial charge in [-0.15, -0.1) is 0 Å². The zero-order valence-corrected chi connectivity index (χ0v) is 32.9. The summed E-state index contributed by atoms with van der Waals surface area (Å²) in [5.41, 5.74) is 13.6. The largest absolute Gasteiger partial charge is 0.312 e. The first kappa shape index (κ1) is 34.2. The van der Waals surface area contributed by atoms with Gasteiger partial charge in [-0.1, -0.05) is 146 Å². The molecule has 0 amide bonds. The van der Waals surface area contributed by atoms with Crippen molar-refractivity contribution in [1.82, 2.24) is 24.1 Å². The van der Waals surface area contributed by atoms with Crippen molar-refractivity contribution in [1.29, 1.82) is 0 Å². The van der Waals surface area contributed by atoms with Crippen molar-refractivity contribution in [2.24, 2.45) is 5.92 Å². The minimum atomic E-state index is 0.167. The van der Waals surface area contributed by atoms with E-state index in [9.17, 15) is 0 Å². The van der Waals surface area contributed by atoms with Gasteiger partial charge in [0.15, 0.2) is 17.5 Å². The van der Waals surface area contributed by atoms with Crippen LogP contribution in [0.5, 0.6) is 0 Å². The lowest BCUT2D eigenvalue weighted by atomic mass is 9.83. The average Bonchev–Trinajstić information content (AvgIpc) is 3.91. The monoisotopic (exact) mass is 770 g/mol. The topological polar surface area (TPSA) is 51.8 Å². The third-order valence-electron chi connectivity index (χ3n) is 12.2. The molecule has 4 heterocycles. The molecular weight excluding hydrogens is 733 g/mol.